The molecule has 11 heteroatoms. The van der Waals surface area contributed by atoms with Crippen molar-refractivity contribution in [3.05, 3.63) is 69.7 Å². The van der Waals surface area contributed by atoms with Crippen LogP contribution in [0.1, 0.15) is 25.5 Å². The van der Waals surface area contributed by atoms with Crippen molar-refractivity contribution in [3.8, 4) is 0 Å². The molecule has 0 aliphatic heterocycles. The average molecular weight is 522 g/mol. The van der Waals surface area contributed by atoms with Gasteiger partial charge in [-0.15, -0.1) is 5.10 Å². The highest BCUT2D eigenvalue weighted by molar-refractivity contribution is 6.35. The number of aromatic nitrogens is 4. The molecule has 2 heterocycles. The molecule has 4 rings (SSSR count). The van der Waals surface area contributed by atoms with Crippen molar-refractivity contribution in [1.29, 1.82) is 0 Å². The summed E-state index contributed by atoms with van der Waals surface area (Å²) in [5.74, 6) is -2.72. The molecule has 0 spiro atoms. The van der Waals surface area contributed by atoms with Gasteiger partial charge < -0.3 is 9.47 Å². The molecule has 2 aromatic carbocycles. The summed E-state index contributed by atoms with van der Waals surface area (Å²) in [5, 5.41) is 19.8. The van der Waals surface area contributed by atoms with Gasteiger partial charge in [0.05, 0.1) is 31.3 Å². The van der Waals surface area contributed by atoms with E-state index >= 15 is 0 Å². The number of halogens is 3. The number of benzene rings is 2. The highest BCUT2D eigenvalue weighted by atomic mass is 35.5. The van der Waals surface area contributed by atoms with Crippen molar-refractivity contribution in [2.24, 2.45) is 0 Å². The molecule has 0 aliphatic carbocycles. The minimum atomic E-state index is -1.28. The molecule has 0 amide bonds. The van der Waals surface area contributed by atoms with Gasteiger partial charge in [0.2, 0.25) is 0 Å². The summed E-state index contributed by atoms with van der Waals surface area (Å²) in [6.45, 7) is 3.61. The van der Waals surface area contributed by atoms with Gasteiger partial charge in [0.25, 0.3) is 0 Å². The van der Waals surface area contributed by atoms with Crippen LogP contribution in [0, 0.1) is 0 Å². The van der Waals surface area contributed by atoms with Crippen LogP contribution in [0.25, 0.3) is 21.5 Å². The molecule has 0 saturated heterocycles. The summed E-state index contributed by atoms with van der Waals surface area (Å²) in [4.78, 5) is 24.3. The van der Waals surface area contributed by atoms with Crippen LogP contribution in [0.2, 0.25) is 15.2 Å². The van der Waals surface area contributed by atoms with Gasteiger partial charge in [0.15, 0.2) is 11.1 Å². The molecule has 0 atom stereocenters. The third-order valence-electron chi connectivity index (χ3n) is 4.55. The quantitative estimate of drug-likeness (QED) is 0.253. The first-order valence-corrected chi connectivity index (χ1v) is 11.3. The van der Waals surface area contributed by atoms with Gasteiger partial charge in [-0.3, -0.25) is 9.59 Å². The highest BCUT2D eigenvalue weighted by Gasteiger charge is 2.34. The molecule has 0 bridgehead atoms. The van der Waals surface area contributed by atoms with E-state index in [1.165, 1.54) is 6.20 Å². The molecule has 0 fully saturated rings. The molecule has 0 radical (unpaired) electrons. The van der Waals surface area contributed by atoms with Crippen LogP contribution in [-0.4, -0.2) is 45.5 Å². The van der Waals surface area contributed by atoms with Gasteiger partial charge in [-0.05, 0) is 38.1 Å². The molecule has 0 unspecified atom stereocenters. The Hall–Kier alpha value is -3.07. The largest absolute Gasteiger partial charge is 0.465 e. The summed E-state index contributed by atoms with van der Waals surface area (Å²) < 4.78 is 9.93. The van der Waals surface area contributed by atoms with E-state index < -0.39 is 17.9 Å². The zero-order valence-electron chi connectivity index (χ0n) is 18.2. The number of esters is 2. The Morgan fingerprint density at radius 1 is 0.794 bits per heavy atom. The Labute approximate surface area is 210 Å². The van der Waals surface area contributed by atoms with Gasteiger partial charge in [-0.1, -0.05) is 46.9 Å². The lowest BCUT2D eigenvalue weighted by molar-refractivity contribution is -0.157. The SMILES string of the molecule is CCOC(=O)C(C(=O)OCC)c1nncc2ccc(Cl)cc12.Clc1ccc2cnnc(Cl)c2c1. The normalized spacial score (nSPS) is 10.6. The van der Waals surface area contributed by atoms with Gasteiger partial charge in [-0.25, -0.2) is 0 Å². The number of ether oxygens (including phenoxy) is 2. The van der Waals surface area contributed by atoms with E-state index in [-0.39, 0.29) is 18.9 Å². The van der Waals surface area contributed by atoms with E-state index in [2.05, 4.69) is 20.4 Å². The molecule has 34 heavy (non-hydrogen) atoms. The number of fused-ring (bicyclic) bond motifs is 2. The number of rotatable bonds is 5. The molecular weight excluding hydrogens is 503 g/mol. The van der Waals surface area contributed by atoms with E-state index in [0.717, 1.165) is 10.8 Å². The van der Waals surface area contributed by atoms with E-state index in [0.29, 0.717) is 26.0 Å². The number of nitrogens with zero attached hydrogens (tertiary/aromatic N) is 4. The highest BCUT2D eigenvalue weighted by Crippen LogP contribution is 2.28. The van der Waals surface area contributed by atoms with E-state index in [1.54, 1.807) is 50.4 Å². The van der Waals surface area contributed by atoms with Gasteiger partial charge in [0, 0.05) is 31.6 Å². The zero-order valence-corrected chi connectivity index (χ0v) is 20.4. The predicted octanol–water partition coefficient (Wildman–Crippen LogP) is 5.43. The molecule has 176 valence electrons. The maximum absolute atomic E-state index is 12.2. The van der Waals surface area contributed by atoms with Crippen LogP contribution >= 0.6 is 34.8 Å². The van der Waals surface area contributed by atoms with Crippen LogP contribution in [0.15, 0.2) is 48.8 Å². The molecule has 2 aromatic heterocycles. The van der Waals surface area contributed by atoms with Crippen LogP contribution < -0.4 is 0 Å². The van der Waals surface area contributed by atoms with Gasteiger partial charge in [-0.2, -0.15) is 15.3 Å². The summed E-state index contributed by atoms with van der Waals surface area (Å²) >= 11 is 17.6. The number of hydrogen-bond donors (Lipinski definition) is 0. The van der Waals surface area contributed by atoms with Crippen molar-refractivity contribution >= 4 is 68.3 Å². The first kappa shape index (κ1) is 25.6. The first-order valence-electron chi connectivity index (χ1n) is 10.2. The molecule has 0 saturated carbocycles. The Kier molecular flexibility index (Phi) is 8.92. The van der Waals surface area contributed by atoms with Gasteiger partial charge in [0.1, 0.15) is 0 Å². The van der Waals surface area contributed by atoms with Crippen molar-refractivity contribution in [2.75, 3.05) is 13.2 Å². The second kappa shape index (κ2) is 11.9. The number of hydrogen-bond acceptors (Lipinski definition) is 8. The Bertz CT molecular complexity index is 1320. The maximum atomic E-state index is 12.2. The maximum Gasteiger partial charge on any atom is 0.326 e. The van der Waals surface area contributed by atoms with Crippen LogP contribution in [0.3, 0.4) is 0 Å². The monoisotopic (exact) mass is 520 g/mol. The first-order chi connectivity index (χ1) is 16.3. The number of carbonyl (C=O) groups is 2. The fourth-order valence-electron chi connectivity index (χ4n) is 3.07. The topological polar surface area (TPSA) is 104 Å². The lowest BCUT2D eigenvalue weighted by Gasteiger charge is -2.15. The molecular formula is C23H19Cl3N4O4. The van der Waals surface area contributed by atoms with E-state index in [4.69, 9.17) is 44.3 Å². The van der Waals surface area contributed by atoms with Gasteiger partial charge >= 0.3 is 11.9 Å². The lowest BCUT2D eigenvalue weighted by atomic mass is 10.00. The molecule has 0 N–H and O–H groups in total. The summed E-state index contributed by atoms with van der Waals surface area (Å²) in [5.41, 5.74) is 0.178. The minimum Gasteiger partial charge on any atom is -0.465 e. The lowest BCUT2D eigenvalue weighted by Crippen LogP contribution is -2.27. The van der Waals surface area contributed by atoms with Crippen molar-refractivity contribution < 1.29 is 19.1 Å². The summed E-state index contributed by atoms with van der Waals surface area (Å²) in [7, 11) is 0. The molecule has 8 nitrogen and oxygen atoms in total. The third kappa shape index (κ3) is 6.08. The average Bonchev–Trinajstić information content (AvgIpc) is 2.81. The molecule has 0 aliphatic rings. The smallest absolute Gasteiger partial charge is 0.326 e. The predicted molar refractivity (Wildman–Crippen MR) is 130 cm³/mol. The van der Waals surface area contributed by atoms with Crippen molar-refractivity contribution in [3.63, 3.8) is 0 Å². The standard InChI is InChI=1S/C15H15ClN2O4.C8H4Cl2N2/c1-3-21-14(19)12(15(20)22-4-2)13-11-7-10(16)6-5-9(11)8-17-18-13;9-6-2-1-5-4-11-12-8(10)7(5)3-6/h5-8,12H,3-4H2,1-2H3;1-4H. The Morgan fingerprint density at radius 3 is 1.85 bits per heavy atom. The Balaban J connectivity index is 0.000000226. The fraction of sp³-hybridized carbons (Fsp3) is 0.217. The van der Waals surface area contributed by atoms with Crippen LogP contribution in [0.5, 0.6) is 0 Å². The number of carbonyl (C=O) groups excluding carboxylic acids is 2. The second-order valence-corrected chi connectivity index (χ2v) is 8.00. The minimum absolute atomic E-state index is 0.147. The zero-order chi connectivity index (χ0) is 24.7. The Morgan fingerprint density at radius 2 is 1.29 bits per heavy atom. The van der Waals surface area contributed by atoms with E-state index in [1.807, 2.05) is 6.07 Å². The summed E-state index contributed by atoms with van der Waals surface area (Å²) in [6, 6.07) is 10.5. The van der Waals surface area contributed by atoms with Crippen LogP contribution in [-0.2, 0) is 19.1 Å². The van der Waals surface area contributed by atoms with Crippen LogP contribution in [0.4, 0.5) is 0 Å². The summed E-state index contributed by atoms with van der Waals surface area (Å²) in [6.07, 6.45) is 3.18. The third-order valence-corrected chi connectivity index (χ3v) is 5.30. The molecule has 4 aromatic rings. The second-order valence-electron chi connectivity index (χ2n) is 6.77. The van der Waals surface area contributed by atoms with Crippen molar-refractivity contribution in [2.45, 2.75) is 19.8 Å². The van der Waals surface area contributed by atoms with Crippen molar-refractivity contribution in [1.82, 2.24) is 20.4 Å². The fourth-order valence-corrected chi connectivity index (χ4v) is 3.62. The van der Waals surface area contributed by atoms with E-state index in [9.17, 15) is 9.59 Å².